The lowest BCUT2D eigenvalue weighted by Gasteiger charge is -2.35. The number of aromatic nitrogens is 3. The van der Waals surface area contributed by atoms with Gasteiger partial charge in [0.1, 0.15) is 5.75 Å². The molecule has 1 unspecified atom stereocenters. The van der Waals surface area contributed by atoms with Crippen LogP contribution in [0.3, 0.4) is 0 Å². The lowest BCUT2D eigenvalue weighted by molar-refractivity contribution is 0.407. The second-order valence-electron chi connectivity index (χ2n) is 9.56. The van der Waals surface area contributed by atoms with Gasteiger partial charge in [0.05, 0.1) is 25.5 Å². The van der Waals surface area contributed by atoms with E-state index in [-0.39, 0.29) is 5.41 Å². The summed E-state index contributed by atoms with van der Waals surface area (Å²) in [5.41, 5.74) is 6.95. The highest BCUT2D eigenvalue weighted by Crippen LogP contribution is 2.43. The molecule has 0 saturated carbocycles. The minimum absolute atomic E-state index is 0.167. The van der Waals surface area contributed by atoms with Crippen LogP contribution in [0.4, 0.5) is 0 Å². The fraction of sp³-hybridized carbons (Fsp3) is 0.226. The van der Waals surface area contributed by atoms with E-state index in [0.29, 0.717) is 5.92 Å². The topological polar surface area (TPSA) is 39.9 Å². The van der Waals surface area contributed by atoms with Crippen LogP contribution in [0, 0.1) is 5.92 Å². The Morgan fingerprint density at radius 2 is 1.69 bits per heavy atom. The monoisotopic (exact) mass is 461 g/mol. The first kappa shape index (κ1) is 22.9. The average Bonchev–Trinajstić information content (AvgIpc) is 3.27. The van der Waals surface area contributed by atoms with Crippen molar-refractivity contribution in [3.63, 3.8) is 0 Å². The summed E-state index contributed by atoms with van der Waals surface area (Å²) in [6, 6.07) is 25.7. The third-order valence-electron chi connectivity index (χ3n) is 7.33. The normalized spacial score (nSPS) is 13.2. The summed E-state index contributed by atoms with van der Waals surface area (Å²) in [4.78, 5) is 8.88. The van der Waals surface area contributed by atoms with E-state index in [0.717, 1.165) is 29.1 Å². The summed E-state index contributed by atoms with van der Waals surface area (Å²) >= 11 is 0. The van der Waals surface area contributed by atoms with Crippen LogP contribution < -0.4 is 4.74 Å². The van der Waals surface area contributed by atoms with Crippen LogP contribution in [-0.4, -0.2) is 21.6 Å². The number of benzene rings is 2. The predicted molar refractivity (Wildman–Crippen MR) is 143 cm³/mol. The molecule has 0 aliphatic carbocycles. The fourth-order valence-corrected chi connectivity index (χ4v) is 4.95. The second-order valence-corrected chi connectivity index (χ2v) is 9.56. The van der Waals surface area contributed by atoms with E-state index in [9.17, 15) is 0 Å². The van der Waals surface area contributed by atoms with Crippen LogP contribution >= 0.6 is 0 Å². The number of hydrogen-bond acceptors (Lipinski definition) is 3. The first-order chi connectivity index (χ1) is 17.0. The van der Waals surface area contributed by atoms with Gasteiger partial charge in [0, 0.05) is 40.5 Å². The Morgan fingerprint density at radius 3 is 2.40 bits per heavy atom. The number of ether oxygens (including phenoxy) is 1. The minimum atomic E-state index is -0.167. The Kier molecular flexibility index (Phi) is 6.12. The minimum Gasteiger partial charge on any atom is -0.495 e. The number of rotatable bonds is 7. The second kappa shape index (κ2) is 9.38. The van der Waals surface area contributed by atoms with Crippen molar-refractivity contribution >= 4 is 10.9 Å². The SMILES string of the molecule is COc1cncc(-c2ccc(C(C)(c3cn(Cc4ccccn4)c4ccccc34)C(C)C)cc2)c1. The van der Waals surface area contributed by atoms with Crippen LogP contribution in [-0.2, 0) is 12.0 Å². The molecular formula is C31H31N3O. The number of nitrogens with zero attached hydrogens (tertiary/aromatic N) is 3. The van der Waals surface area contributed by atoms with Crippen molar-refractivity contribution in [1.82, 2.24) is 14.5 Å². The summed E-state index contributed by atoms with van der Waals surface area (Å²) in [6.45, 7) is 7.74. The lowest BCUT2D eigenvalue weighted by Crippen LogP contribution is -2.30. The standard InChI is InChI=1S/C31H31N3O/c1-22(2)31(3,25-14-12-23(13-15-25)24-17-27(35-4)19-32-18-24)29-21-34(20-26-9-7-8-16-33-26)30-11-6-5-10-28(29)30/h5-19,21-22H,20H2,1-4H3. The van der Waals surface area contributed by atoms with Gasteiger partial charge in [0.2, 0.25) is 0 Å². The van der Waals surface area contributed by atoms with Crippen LogP contribution in [0.25, 0.3) is 22.0 Å². The number of fused-ring (bicyclic) bond motifs is 1. The van der Waals surface area contributed by atoms with E-state index in [4.69, 9.17) is 4.74 Å². The molecule has 0 fully saturated rings. The Bertz CT molecular complexity index is 1440. The highest BCUT2D eigenvalue weighted by Gasteiger charge is 2.35. The highest BCUT2D eigenvalue weighted by molar-refractivity contribution is 5.86. The van der Waals surface area contributed by atoms with Gasteiger partial charge < -0.3 is 9.30 Å². The van der Waals surface area contributed by atoms with Gasteiger partial charge in [-0.2, -0.15) is 0 Å². The molecule has 0 amide bonds. The first-order valence-corrected chi connectivity index (χ1v) is 12.1. The van der Waals surface area contributed by atoms with Crippen LogP contribution in [0.2, 0.25) is 0 Å². The predicted octanol–water partition coefficient (Wildman–Crippen LogP) is 7.12. The quantitative estimate of drug-likeness (QED) is 0.259. The highest BCUT2D eigenvalue weighted by atomic mass is 16.5. The molecule has 0 bridgehead atoms. The molecule has 0 aliphatic rings. The molecule has 2 aromatic carbocycles. The molecule has 4 nitrogen and oxygen atoms in total. The molecular weight excluding hydrogens is 430 g/mol. The van der Waals surface area contributed by atoms with Crippen molar-refractivity contribution in [2.24, 2.45) is 5.92 Å². The molecule has 0 saturated heterocycles. The van der Waals surface area contributed by atoms with Gasteiger partial charge in [-0.15, -0.1) is 0 Å². The number of para-hydroxylation sites is 1. The molecule has 5 aromatic rings. The van der Waals surface area contributed by atoms with E-state index >= 15 is 0 Å². The van der Waals surface area contributed by atoms with Crippen LogP contribution in [0.15, 0.2) is 97.6 Å². The van der Waals surface area contributed by atoms with Crippen molar-refractivity contribution in [1.29, 1.82) is 0 Å². The Labute approximate surface area is 207 Å². The van der Waals surface area contributed by atoms with E-state index in [1.807, 2.05) is 30.6 Å². The summed E-state index contributed by atoms with van der Waals surface area (Å²) in [5, 5.41) is 1.29. The van der Waals surface area contributed by atoms with Gasteiger partial charge in [0.25, 0.3) is 0 Å². The van der Waals surface area contributed by atoms with Crippen molar-refractivity contribution in [2.75, 3.05) is 7.11 Å². The van der Waals surface area contributed by atoms with Gasteiger partial charge >= 0.3 is 0 Å². The third kappa shape index (κ3) is 4.21. The molecule has 176 valence electrons. The molecule has 5 rings (SSSR count). The van der Waals surface area contributed by atoms with Gasteiger partial charge in [-0.05, 0) is 46.9 Å². The smallest absolute Gasteiger partial charge is 0.137 e. The summed E-state index contributed by atoms with van der Waals surface area (Å²) in [6.07, 6.45) is 7.80. The van der Waals surface area contributed by atoms with Crippen molar-refractivity contribution < 1.29 is 4.74 Å². The third-order valence-corrected chi connectivity index (χ3v) is 7.33. The maximum absolute atomic E-state index is 5.36. The Morgan fingerprint density at radius 1 is 0.914 bits per heavy atom. The lowest BCUT2D eigenvalue weighted by atomic mass is 9.68. The van der Waals surface area contributed by atoms with E-state index in [1.54, 1.807) is 13.3 Å². The molecule has 1 atom stereocenters. The largest absolute Gasteiger partial charge is 0.495 e. The van der Waals surface area contributed by atoms with E-state index in [1.165, 1.54) is 22.0 Å². The maximum atomic E-state index is 5.36. The number of methoxy groups -OCH3 is 1. The Hall–Kier alpha value is -3.92. The van der Waals surface area contributed by atoms with Crippen molar-refractivity contribution in [2.45, 2.75) is 32.7 Å². The van der Waals surface area contributed by atoms with Crippen molar-refractivity contribution in [3.8, 4) is 16.9 Å². The number of hydrogen-bond donors (Lipinski definition) is 0. The molecule has 3 heterocycles. The summed E-state index contributed by atoms with van der Waals surface area (Å²) in [5.74, 6) is 1.15. The van der Waals surface area contributed by atoms with E-state index in [2.05, 4.69) is 96.1 Å². The molecule has 0 aliphatic heterocycles. The fourth-order valence-electron chi connectivity index (χ4n) is 4.95. The zero-order chi connectivity index (χ0) is 24.4. The molecule has 3 aromatic heterocycles. The maximum Gasteiger partial charge on any atom is 0.137 e. The average molecular weight is 462 g/mol. The molecule has 0 N–H and O–H groups in total. The number of pyridine rings is 2. The zero-order valence-corrected chi connectivity index (χ0v) is 20.8. The van der Waals surface area contributed by atoms with Crippen LogP contribution in [0.5, 0.6) is 5.75 Å². The van der Waals surface area contributed by atoms with Crippen molar-refractivity contribution in [3.05, 3.63) is 114 Å². The van der Waals surface area contributed by atoms with Gasteiger partial charge in [0.15, 0.2) is 0 Å². The molecule has 35 heavy (non-hydrogen) atoms. The van der Waals surface area contributed by atoms with Gasteiger partial charge in [-0.1, -0.05) is 69.3 Å². The van der Waals surface area contributed by atoms with Gasteiger partial charge in [-0.25, -0.2) is 0 Å². The molecule has 0 spiro atoms. The van der Waals surface area contributed by atoms with Crippen LogP contribution in [0.1, 0.15) is 37.6 Å². The summed E-state index contributed by atoms with van der Waals surface area (Å²) in [7, 11) is 1.67. The first-order valence-electron chi connectivity index (χ1n) is 12.1. The van der Waals surface area contributed by atoms with E-state index < -0.39 is 0 Å². The van der Waals surface area contributed by atoms with Gasteiger partial charge in [-0.3, -0.25) is 9.97 Å². The Balaban J connectivity index is 1.59. The zero-order valence-electron chi connectivity index (χ0n) is 20.8. The summed E-state index contributed by atoms with van der Waals surface area (Å²) < 4.78 is 7.70. The molecule has 4 heteroatoms. The molecule has 0 radical (unpaired) electrons.